The van der Waals surface area contributed by atoms with Crippen LogP contribution in [-0.2, 0) is 20.8 Å². The van der Waals surface area contributed by atoms with Gasteiger partial charge in [-0.05, 0) is 55.2 Å². The highest BCUT2D eigenvalue weighted by Gasteiger charge is 2.24. The molecule has 0 unspecified atom stereocenters. The molecule has 1 aliphatic rings. The number of nitrogens with zero attached hydrogens (tertiary/aromatic N) is 2. The number of hydrogen-bond donors (Lipinski definition) is 1. The lowest BCUT2D eigenvalue weighted by molar-refractivity contribution is -0.142. The number of carboxylic acid groups (broad SMARTS) is 1. The quantitative estimate of drug-likeness (QED) is 0.251. The zero-order valence-electron chi connectivity index (χ0n) is 20.3. The summed E-state index contributed by atoms with van der Waals surface area (Å²) in [4.78, 5) is 11.9. The summed E-state index contributed by atoms with van der Waals surface area (Å²) < 4.78 is 12.7. The van der Waals surface area contributed by atoms with Crippen LogP contribution in [0.3, 0.4) is 0 Å². The van der Waals surface area contributed by atoms with Crippen LogP contribution in [0.25, 0.3) is 22.4 Å². The summed E-state index contributed by atoms with van der Waals surface area (Å²) in [6.07, 6.45) is 6.36. The highest BCUT2D eigenvalue weighted by atomic mass is 32.2. The van der Waals surface area contributed by atoms with Gasteiger partial charge in [0.2, 0.25) is 0 Å². The predicted octanol–water partition coefficient (Wildman–Crippen LogP) is 5.86. The first-order chi connectivity index (χ1) is 17.1. The molecule has 6 nitrogen and oxygen atoms in total. The second kappa shape index (κ2) is 12.9. The molecule has 0 aliphatic heterocycles. The smallest absolute Gasteiger partial charge is 0.329 e. The Balaban J connectivity index is 1.50. The van der Waals surface area contributed by atoms with E-state index in [2.05, 4.69) is 53.2 Å². The van der Waals surface area contributed by atoms with E-state index in [1.807, 2.05) is 12.3 Å². The number of rotatable bonds is 12. The van der Waals surface area contributed by atoms with Crippen molar-refractivity contribution < 1.29 is 19.4 Å². The molecule has 1 saturated carbocycles. The minimum Gasteiger partial charge on any atom is -0.480 e. The SMILES string of the molecule is COCCSc1cccc(-c2cnn(CC3CCC(COCC(=O)O)CC3)c2-c2ccccc2)c1. The van der Waals surface area contributed by atoms with Crippen LogP contribution in [0.2, 0.25) is 0 Å². The lowest BCUT2D eigenvalue weighted by Gasteiger charge is -2.28. The van der Waals surface area contributed by atoms with E-state index in [0.717, 1.165) is 55.8 Å². The molecule has 7 heteroatoms. The molecule has 35 heavy (non-hydrogen) atoms. The van der Waals surface area contributed by atoms with Gasteiger partial charge in [-0.25, -0.2) is 4.79 Å². The van der Waals surface area contributed by atoms with Crippen LogP contribution < -0.4 is 0 Å². The molecule has 3 aromatic rings. The molecular weight excluding hydrogens is 460 g/mol. The van der Waals surface area contributed by atoms with Crippen LogP contribution in [-0.4, -0.2) is 53.5 Å². The first-order valence-corrected chi connectivity index (χ1v) is 13.3. The first-order valence-electron chi connectivity index (χ1n) is 12.3. The number of aromatic nitrogens is 2. The number of hydrogen-bond acceptors (Lipinski definition) is 5. The second-order valence-electron chi connectivity index (χ2n) is 9.12. The van der Waals surface area contributed by atoms with Crippen molar-refractivity contribution in [2.75, 3.05) is 32.7 Å². The Morgan fingerprint density at radius 1 is 1.06 bits per heavy atom. The van der Waals surface area contributed by atoms with Crippen molar-refractivity contribution in [3.8, 4) is 22.4 Å². The number of aliphatic carboxylic acids is 1. The van der Waals surface area contributed by atoms with Gasteiger partial charge >= 0.3 is 5.97 Å². The third kappa shape index (κ3) is 7.19. The highest BCUT2D eigenvalue weighted by Crippen LogP contribution is 2.36. The van der Waals surface area contributed by atoms with Gasteiger partial charge in [0.25, 0.3) is 0 Å². The third-order valence-electron chi connectivity index (χ3n) is 6.56. The molecule has 0 radical (unpaired) electrons. The fourth-order valence-corrected chi connectivity index (χ4v) is 5.64. The Bertz CT molecular complexity index is 1080. The number of thioether (sulfide) groups is 1. The molecule has 1 N–H and O–H groups in total. The van der Waals surface area contributed by atoms with Crippen LogP contribution >= 0.6 is 11.8 Å². The molecule has 1 heterocycles. The van der Waals surface area contributed by atoms with Gasteiger partial charge in [-0.2, -0.15) is 5.10 Å². The van der Waals surface area contributed by atoms with Gasteiger partial charge in [-0.15, -0.1) is 11.8 Å². The maximum Gasteiger partial charge on any atom is 0.329 e. The molecule has 186 valence electrons. The molecule has 4 rings (SSSR count). The molecule has 1 fully saturated rings. The zero-order valence-corrected chi connectivity index (χ0v) is 21.1. The summed E-state index contributed by atoms with van der Waals surface area (Å²) in [5.74, 6) is 1.03. The van der Waals surface area contributed by atoms with E-state index in [1.54, 1.807) is 18.9 Å². The van der Waals surface area contributed by atoms with Crippen molar-refractivity contribution in [1.29, 1.82) is 0 Å². The van der Waals surface area contributed by atoms with Gasteiger partial charge in [0.05, 0.1) is 25.1 Å². The summed E-state index contributed by atoms with van der Waals surface area (Å²) in [5, 5.41) is 13.6. The Labute approximate surface area is 211 Å². The van der Waals surface area contributed by atoms with Crippen LogP contribution in [0.1, 0.15) is 25.7 Å². The van der Waals surface area contributed by atoms with Crippen molar-refractivity contribution in [3.63, 3.8) is 0 Å². The summed E-state index contributed by atoms with van der Waals surface area (Å²) >= 11 is 1.80. The minimum absolute atomic E-state index is 0.206. The van der Waals surface area contributed by atoms with Crippen molar-refractivity contribution in [1.82, 2.24) is 9.78 Å². The fourth-order valence-electron chi connectivity index (χ4n) is 4.77. The predicted molar refractivity (Wildman–Crippen MR) is 140 cm³/mol. The molecule has 1 aliphatic carbocycles. The number of benzene rings is 2. The monoisotopic (exact) mass is 494 g/mol. The van der Waals surface area contributed by atoms with Gasteiger partial charge in [0, 0.05) is 35.4 Å². The number of ether oxygens (including phenoxy) is 2. The molecular formula is C28H34N2O4S. The van der Waals surface area contributed by atoms with E-state index < -0.39 is 5.97 Å². The fraction of sp³-hybridized carbons (Fsp3) is 0.429. The summed E-state index contributed by atoms with van der Waals surface area (Å²) in [6, 6.07) is 19.2. The van der Waals surface area contributed by atoms with Crippen molar-refractivity contribution in [2.24, 2.45) is 11.8 Å². The van der Waals surface area contributed by atoms with Gasteiger partial charge in [0.15, 0.2) is 0 Å². The van der Waals surface area contributed by atoms with Crippen molar-refractivity contribution >= 4 is 17.7 Å². The Morgan fingerprint density at radius 3 is 2.54 bits per heavy atom. The molecule has 0 spiro atoms. The normalized spacial score (nSPS) is 18.0. The molecule has 0 saturated heterocycles. The van der Waals surface area contributed by atoms with E-state index in [4.69, 9.17) is 19.7 Å². The van der Waals surface area contributed by atoms with Crippen molar-refractivity contribution in [3.05, 3.63) is 60.8 Å². The lowest BCUT2D eigenvalue weighted by atomic mass is 9.82. The Hall–Kier alpha value is -2.61. The van der Waals surface area contributed by atoms with Gasteiger partial charge < -0.3 is 14.6 Å². The molecule has 0 atom stereocenters. The van der Waals surface area contributed by atoms with Gasteiger partial charge in [-0.1, -0.05) is 42.5 Å². The van der Waals surface area contributed by atoms with Crippen LogP contribution in [0.4, 0.5) is 0 Å². The van der Waals surface area contributed by atoms with E-state index in [-0.39, 0.29) is 6.61 Å². The average molecular weight is 495 g/mol. The number of carboxylic acids is 1. The molecule has 0 bridgehead atoms. The summed E-state index contributed by atoms with van der Waals surface area (Å²) in [7, 11) is 1.73. The Kier molecular flexibility index (Phi) is 9.40. The third-order valence-corrected chi connectivity index (χ3v) is 7.52. The second-order valence-corrected chi connectivity index (χ2v) is 10.3. The largest absolute Gasteiger partial charge is 0.480 e. The standard InChI is InChI=1S/C28H34N2O4S/c1-33-14-15-35-25-9-5-8-24(16-25)26-17-29-30(28(26)23-6-3-2-4-7-23)18-21-10-12-22(13-11-21)19-34-20-27(31)32/h2-9,16-17,21-22H,10-15,18-20H2,1H3,(H,31,32). The summed E-state index contributed by atoms with van der Waals surface area (Å²) in [6.45, 7) is 1.95. The summed E-state index contributed by atoms with van der Waals surface area (Å²) in [5.41, 5.74) is 4.67. The maximum absolute atomic E-state index is 10.7. The molecule has 2 aromatic carbocycles. The van der Waals surface area contributed by atoms with E-state index in [1.165, 1.54) is 16.0 Å². The van der Waals surface area contributed by atoms with Crippen LogP contribution in [0.5, 0.6) is 0 Å². The molecule has 0 amide bonds. The Morgan fingerprint density at radius 2 is 1.80 bits per heavy atom. The number of carbonyl (C=O) groups is 1. The van der Waals surface area contributed by atoms with Gasteiger partial charge in [-0.3, -0.25) is 4.68 Å². The zero-order chi connectivity index (χ0) is 24.5. The highest BCUT2D eigenvalue weighted by molar-refractivity contribution is 7.99. The van der Waals surface area contributed by atoms with E-state index in [0.29, 0.717) is 18.4 Å². The van der Waals surface area contributed by atoms with E-state index in [9.17, 15) is 4.79 Å². The average Bonchev–Trinajstić information content (AvgIpc) is 3.29. The first kappa shape index (κ1) is 25.5. The van der Waals surface area contributed by atoms with E-state index >= 15 is 0 Å². The topological polar surface area (TPSA) is 73.6 Å². The molecule has 1 aromatic heterocycles. The lowest BCUT2D eigenvalue weighted by Crippen LogP contribution is -2.23. The van der Waals surface area contributed by atoms with Gasteiger partial charge in [0.1, 0.15) is 6.61 Å². The van der Waals surface area contributed by atoms with Crippen LogP contribution in [0.15, 0.2) is 65.7 Å². The van der Waals surface area contributed by atoms with Crippen LogP contribution in [0, 0.1) is 11.8 Å². The minimum atomic E-state index is -0.902. The number of methoxy groups -OCH3 is 1. The van der Waals surface area contributed by atoms with Crippen molar-refractivity contribution in [2.45, 2.75) is 37.1 Å². The maximum atomic E-state index is 10.7.